The van der Waals surface area contributed by atoms with Crippen molar-refractivity contribution in [2.45, 2.75) is 18.3 Å². The topological polar surface area (TPSA) is 29.9 Å². The minimum atomic E-state index is 0.551. The van der Waals surface area contributed by atoms with Gasteiger partial charge in [-0.05, 0) is 18.5 Å². The van der Waals surface area contributed by atoms with E-state index in [1.54, 1.807) is 0 Å². The molecule has 1 aromatic heterocycles. The van der Waals surface area contributed by atoms with E-state index in [0.29, 0.717) is 11.8 Å². The molecular formula is C15H19N3. The van der Waals surface area contributed by atoms with E-state index in [-0.39, 0.29) is 0 Å². The van der Waals surface area contributed by atoms with E-state index in [1.165, 1.54) is 17.7 Å². The molecule has 0 spiro atoms. The number of nitrogens with one attached hydrogen (secondary N) is 1. The van der Waals surface area contributed by atoms with E-state index in [1.807, 2.05) is 12.5 Å². The monoisotopic (exact) mass is 241 g/mol. The van der Waals surface area contributed by atoms with Crippen molar-refractivity contribution in [3.8, 4) is 0 Å². The minimum Gasteiger partial charge on any atom is -0.337 e. The van der Waals surface area contributed by atoms with Crippen molar-refractivity contribution in [2.75, 3.05) is 13.1 Å². The van der Waals surface area contributed by atoms with Gasteiger partial charge in [0.15, 0.2) is 0 Å². The number of aromatic nitrogens is 2. The number of imidazole rings is 1. The highest BCUT2D eigenvalue weighted by Crippen LogP contribution is 2.36. The van der Waals surface area contributed by atoms with Crippen molar-refractivity contribution in [2.24, 2.45) is 7.05 Å². The van der Waals surface area contributed by atoms with Crippen LogP contribution in [0.15, 0.2) is 42.9 Å². The quantitative estimate of drug-likeness (QED) is 0.874. The fourth-order valence-electron chi connectivity index (χ4n) is 2.99. The van der Waals surface area contributed by atoms with Gasteiger partial charge in [0.2, 0.25) is 0 Å². The Morgan fingerprint density at radius 2 is 2.06 bits per heavy atom. The Hall–Kier alpha value is -1.61. The summed E-state index contributed by atoms with van der Waals surface area (Å²) >= 11 is 0. The van der Waals surface area contributed by atoms with Crippen molar-refractivity contribution >= 4 is 0 Å². The molecule has 0 aliphatic carbocycles. The van der Waals surface area contributed by atoms with Gasteiger partial charge in [0.05, 0.1) is 6.33 Å². The lowest BCUT2D eigenvalue weighted by Gasteiger charge is -2.32. The molecule has 0 saturated carbocycles. The fourth-order valence-corrected chi connectivity index (χ4v) is 2.99. The first kappa shape index (κ1) is 11.5. The maximum Gasteiger partial charge on any atom is 0.0945 e. The first-order chi connectivity index (χ1) is 8.86. The summed E-state index contributed by atoms with van der Waals surface area (Å²) in [5.41, 5.74) is 2.78. The van der Waals surface area contributed by atoms with Crippen molar-refractivity contribution in [3.63, 3.8) is 0 Å². The van der Waals surface area contributed by atoms with Crippen molar-refractivity contribution in [1.82, 2.24) is 14.9 Å². The summed E-state index contributed by atoms with van der Waals surface area (Å²) in [7, 11) is 2.09. The van der Waals surface area contributed by atoms with Crippen LogP contribution in [0.1, 0.15) is 29.5 Å². The Labute approximate surface area is 108 Å². The van der Waals surface area contributed by atoms with Gasteiger partial charge in [0, 0.05) is 37.3 Å². The molecule has 3 heteroatoms. The van der Waals surface area contributed by atoms with Crippen molar-refractivity contribution in [3.05, 3.63) is 54.1 Å². The SMILES string of the molecule is Cn1cncc1C1CCNCC1c1ccccc1. The molecule has 2 heterocycles. The molecule has 94 valence electrons. The van der Waals surface area contributed by atoms with Gasteiger partial charge in [0.25, 0.3) is 0 Å². The minimum absolute atomic E-state index is 0.551. The van der Waals surface area contributed by atoms with Crippen LogP contribution in [0.4, 0.5) is 0 Å². The molecule has 2 aromatic rings. The molecule has 1 fully saturated rings. The summed E-state index contributed by atoms with van der Waals surface area (Å²) in [6, 6.07) is 10.8. The molecule has 18 heavy (non-hydrogen) atoms. The highest BCUT2D eigenvalue weighted by Gasteiger charge is 2.29. The molecule has 0 radical (unpaired) electrons. The van der Waals surface area contributed by atoms with E-state index in [4.69, 9.17) is 0 Å². The van der Waals surface area contributed by atoms with Gasteiger partial charge in [0.1, 0.15) is 0 Å². The van der Waals surface area contributed by atoms with Crippen LogP contribution in [0.5, 0.6) is 0 Å². The number of aryl methyl sites for hydroxylation is 1. The van der Waals surface area contributed by atoms with Crippen LogP contribution >= 0.6 is 0 Å². The molecule has 3 nitrogen and oxygen atoms in total. The van der Waals surface area contributed by atoms with E-state index >= 15 is 0 Å². The molecule has 0 bridgehead atoms. The maximum absolute atomic E-state index is 4.27. The van der Waals surface area contributed by atoms with Gasteiger partial charge in [-0.1, -0.05) is 30.3 Å². The van der Waals surface area contributed by atoms with Gasteiger partial charge >= 0.3 is 0 Å². The molecular weight excluding hydrogens is 222 g/mol. The number of piperidine rings is 1. The number of benzene rings is 1. The van der Waals surface area contributed by atoms with Crippen LogP contribution < -0.4 is 5.32 Å². The molecule has 1 saturated heterocycles. The molecule has 0 amide bonds. The summed E-state index contributed by atoms with van der Waals surface area (Å²) in [6.45, 7) is 2.15. The van der Waals surface area contributed by atoms with Crippen LogP contribution in [0, 0.1) is 0 Å². The van der Waals surface area contributed by atoms with E-state index in [2.05, 4.69) is 52.2 Å². The lowest BCUT2D eigenvalue weighted by atomic mass is 9.79. The average Bonchev–Trinajstić information content (AvgIpc) is 2.86. The normalized spacial score (nSPS) is 24.1. The third-order valence-corrected chi connectivity index (χ3v) is 3.94. The second-order valence-electron chi connectivity index (χ2n) is 5.05. The van der Waals surface area contributed by atoms with Crippen LogP contribution in [-0.2, 0) is 7.05 Å². The second-order valence-corrected chi connectivity index (χ2v) is 5.05. The van der Waals surface area contributed by atoms with Crippen LogP contribution in [0.2, 0.25) is 0 Å². The number of nitrogens with zero attached hydrogens (tertiary/aromatic N) is 2. The predicted octanol–water partition coefficient (Wildman–Crippen LogP) is 2.28. The van der Waals surface area contributed by atoms with Gasteiger partial charge in [-0.15, -0.1) is 0 Å². The first-order valence-electron chi connectivity index (χ1n) is 6.58. The summed E-state index contributed by atoms with van der Waals surface area (Å²) in [5.74, 6) is 1.12. The number of rotatable bonds is 2. The molecule has 1 aliphatic rings. The van der Waals surface area contributed by atoms with E-state index < -0.39 is 0 Å². The zero-order valence-electron chi connectivity index (χ0n) is 10.7. The third kappa shape index (κ3) is 2.06. The Kier molecular flexibility index (Phi) is 3.15. The third-order valence-electron chi connectivity index (χ3n) is 3.94. The Morgan fingerprint density at radius 3 is 2.78 bits per heavy atom. The van der Waals surface area contributed by atoms with Crippen LogP contribution in [0.3, 0.4) is 0 Å². The van der Waals surface area contributed by atoms with Gasteiger partial charge in [-0.25, -0.2) is 4.98 Å². The highest BCUT2D eigenvalue weighted by molar-refractivity contribution is 5.26. The van der Waals surface area contributed by atoms with Crippen LogP contribution in [0.25, 0.3) is 0 Å². The van der Waals surface area contributed by atoms with Gasteiger partial charge in [-0.3, -0.25) is 0 Å². The zero-order chi connectivity index (χ0) is 12.4. The predicted molar refractivity (Wildman–Crippen MR) is 72.6 cm³/mol. The van der Waals surface area contributed by atoms with Gasteiger partial charge in [-0.2, -0.15) is 0 Å². The van der Waals surface area contributed by atoms with E-state index in [9.17, 15) is 0 Å². The molecule has 2 atom stereocenters. The number of hydrogen-bond donors (Lipinski definition) is 1. The largest absolute Gasteiger partial charge is 0.337 e. The van der Waals surface area contributed by atoms with Crippen molar-refractivity contribution in [1.29, 1.82) is 0 Å². The molecule has 3 rings (SSSR count). The van der Waals surface area contributed by atoms with Crippen LogP contribution in [-0.4, -0.2) is 22.6 Å². The molecule has 1 aromatic carbocycles. The second kappa shape index (κ2) is 4.94. The zero-order valence-corrected chi connectivity index (χ0v) is 10.7. The first-order valence-corrected chi connectivity index (χ1v) is 6.58. The van der Waals surface area contributed by atoms with Gasteiger partial charge < -0.3 is 9.88 Å². The molecule has 1 N–H and O–H groups in total. The smallest absolute Gasteiger partial charge is 0.0945 e. The highest BCUT2D eigenvalue weighted by atomic mass is 15.0. The molecule has 2 unspecified atom stereocenters. The summed E-state index contributed by atoms with van der Waals surface area (Å²) in [5, 5.41) is 3.52. The maximum atomic E-state index is 4.27. The lowest BCUT2D eigenvalue weighted by molar-refractivity contribution is 0.392. The number of hydrogen-bond acceptors (Lipinski definition) is 2. The van der Waals surface area contributed by atoms with Crippen molar-refractivity contribution < 1.29 is 0 Å². The summed E-state index contributed by atoms with van der Waals surface area (Å²) in [4.78, 5) is 4.27. The Bertz CT molecular complexity index is 503. The average molecular weight is 241 g/mol. The molecule has 1 aliphatic heterocycles. The summed E-state index contributed by atoms with van der Waals surface area (Å²) in [6.07, 6.45) is 5.10. The summed E-state index contributed by atoms with van der Waals surface area (Å²) < 4.78 is 2.16. The Morgan fingerprint density at radius 1 is 1.22 bits per heavy atom. The fraction of sp³-hybridized carbons (Fsp3) is 0.400. The van der Waals surface area contributed by atoms with E-state index in [0.717, 1.165) is 13.1 Å². The Balaban J connectivity index is 1.94. The standard InChI is InChI=1S/C15H19N3/c1-18-11-17-10-15(18)13-7-8-16-9-14(13)12-5-3-2-4-6-12/h2-6,10-11,13-14,16H,7-9H2,1H3. The lowest BCUT2D eigenvalue weighted by Crippen LogP contribution is -2.34.